The van der Waals surface area contributed by atoms with E-state index in [1.807, 2.05) is 0 Å². The summed E-state index contributed by atoms with van der Waals surface area (Å²) < 4.78 is 0. The first-order valence-corrected chi connectivity index (χ1v) is 11.2. The predicted molar refractivity (Wildman–Crippen MR) is 123 cm³/mol. The lowest BCUT2D eigenvalue weighted by molar-refractivity contribution is -0.243. The lowest BCUT2D eigenvalue weighted by atomic mass is 9.91. The molecule has 2 unspecified atom stereocenters. The van der Waals surface area contributed by atoms with Gasteiger partial charge in [-0.3, -0.25) is 10.5 Å². The van der Waals surface area contributed by atoms with Gasteiger partial charge in [0.2, 0.25) is 0 Å². The van der Waals surface area contributed by atoms with Gasteiger partial charge < -0.3 is 20.4 Å². The molecular weight excluding hydrogens is 424 g/mol. The van der Waals surface area contributed by atoms with Gasteiger partial charge in [0.05, 0.1) is 13.2 Å². The van der Waals surface area contributed by atoms with Crippen LogP contribution in [0.15, 0.2) is 0 Å². The Morgan fingerprint density at radius 1 is 0.656 bits per heavy atom. The maximum atomic E-state index is 8.56. The fraction of sp³-hybridized carbons (Fsp3) is 0.909. The summed E-state index contributed by atoms with van der Waals surface area (Å²) in [5.41, 5.74) is 0. The van der Waals surface area contributed by atoms with Gasteiger partial charge in [-0.05, 0) is 62.2 Å². The van der Waals surface area contributed by atoms with Crippen LogP contribution in [0.2, 0.25) is 0 Å². The molecule has 6 N–H and O–H groups in total. The van der Waals surface area contributed by atoms with Gasteiger partial charge in [-0.1, -0.05) is 54.4 Å². The number of carboxylic acid groups (broad SMARTS) is 4. The molecule has 0 fully saturated rings. The van der Waals surface area contributed by atoms with E-state index in [4.69, 9.17) is 40.5 Å². The standard InChI is InChI=1S/2C10H22O2.2CH2O3/c2*1-4-10(8-9(2)3)6-5-7-12-11;2*2-1(3)4/h2*9-11H,4-8H2,1-3H3;2*(H2,2,3,4). The molecule has 10 heteroatoms. The molecule has 0 amide bonds. The fourth-order valence-corrected chi connectivity index (χ4v) is 3.18. The monoisotopic (exact) mass is 472 g/mol. The van der Waals surface area contributed by atoms with Crippen molar-refractivity contribution in [1.29, 1.82) is 0 Å². The minimum absolute atomic E-state index is 0.481. The second kappa shape index (κ2) is 29.4. The molecule has 0 aromatic rings. The van der Waals surface area contributed by atoms with E-state index >= 15 is 0 Å². The Bertz CT molecular complexity index is 345. The Labute approximate surface area is 193 Å². The average Bonchev–Trinajstić information content (AvgIpc) is 2.65. The summed E-state index contributed by atoms with van der Waals surface area (Å²) in [4.78, 5) is 25.2. The molecule has 0 aliphatic rings. The molecule has 196 valence electrons. The van der Waals surface area contributed by atoms with Gasteiger partial charge in [0.1, 0.15) is 0 Å². The number of rotatable bonds is 14. The van der Waals surface area contributed by atoms with Crippen LogP contribution in [0.1, 0.15) is 92.9 Å². The highest BCUT2D eigenvalue weighted by Crippen LogP contribution is 2.20. The Kier molecular flexibility index (Phi) is 34.6. The zero-order valence-corrected chi connectivity index (χ0v) is 20.7. The van der Waals surface area contributed by atoms with E-state index in [1.54, 1.807) is 0 Å². The summed E-state index contributed by atoms with van der Waals surface area (Å²) in [7, 11) is 0. The fourth-order valence-electron chi connectivity index (χ4n) is 3.18. The van der Waals surface area contributed by atoms with Crippen LogP contribution < -0.4 is 0 Å². The third-order valence-electron chi connectivity index (χ3n) is 4.46. The zero-order chi connectivity index (χ0) is 25.9. The van der Waals surface area contributed by atoms with Crippen molar-refractivity contribution in [3.8, 4) is 0 Å². The van der Waals surface area contributed by atoms with Gasteiger partial charge in [0.15, 0.2) is 0 Å². The lowest BCUT2D eigenvalue weighted by Gasteiger charge is -2.16. The van der Waals surface area contributed by atoms with E-state index in [2.05, 4.69) is 51.3 Å². The normalized spacial score (nSPS) is 11.8. The predicted octanol–water partition coefficient (Wildman–Crippen LogP) is 7.10. The molecule has 0 aromatic carbocycles. The highest BCUT2D eigenvalue weighted by atomic mass is 17.1. The molecule has 0 aromatic heterocycles. The molecule has 0 aliphatic heterocycles. The zero-order valence-electron chi connectivity index (χ0n) is 20.7. The van der Waals surface area contributed by atoms with Crippen LogP contribution in [0.3, 0.4) is 0 Å². The van der Waals surface area contributed by atoms with Crippen LogP contribution >= 0.6 is 0 Å². The van der Waals surface area contributed by atoms with Crippen LogP contribution in [-0.4, -0.2) is 56.5 Å². The first-order chi connectivity index (χ1) is 14.9. The quantitative estimate of drug-likeness (QED) is 0.0868. The van der Waals surface area contributed by atoms with E-state index in [0.29, 0.717) is 13.2 Å². The van der Waals surface area contributed by atoms with Crippen molar-refractivity contribution < 1.29 is 50.3 Å². The third kappa shape index (κ3) is 51.2. The van der Waals surface area contributed by atoms with Crippen molar-refractivity contribution in [2.45, 2.75) is 92.9 Å². The Morgan fingerprint density at radius 2 is 0.906 bits per heavy atom. The molecule has 0 saturated carbocycles. The Balaban J connectivity index is -0.000000184. The highest BCUT2D eigenvalue weighted by molar-refractivity contribution is 5.53. The molecule has 32 heavy (non-hydrogen) atoms. The second-order valence-corrected chi connectivity index (χ2v) is 8.32. The first-order valence-electron chi connectivity index (χ1n) is 11.2. The van der Waals surface area contributed by atoms with Gasteiger partial charge in [-0.15, -0.1) is 0 Å². The van der Waals surface area contributed by atoms with E-state index in [1.165, 1.54) is 38.5 Å². The molecule has 0 radical (unpaired) electrons. The Morgan fingerprint density at radius 3 is 1.06 bits per heavy atom. The number of hydrogen-bond donors (Lipinski definition) is 6. The maximum Gasteiger partial charge on any atom is 0.503 e. The van der Waals surface area contributed by atoms with E-state index in [9.17, 15) is 0 Å². The maximum absolute atomic E-state index is 8.56. The highest BCUT2D eigenvalue weighted by Gasteiger charge is 2.08. The largest absolute Gasteiger partial charge is 0.503 e. The van der Waals surface area contributed by atoms with E-state index < -0.39 is 12.3 Å². The van der Waals surface area contributed by atoms with Gasteiger partial charge in [0, 0.05) is 0 Å². The van der Waals surface area contributed by atoms with Crippen LogP contribution in [0.4, 0.5) is 9.59 Å². The summed E-state index contributed by atoms with van der Waals surface area (Å²) in [6.07, 6.45) is 5.70. The van der Waals surface area contributed by atoms with Gasteiger partial charge >= 0.3 is 12.3 Å². The third-order valence-corrected chi connectivity index (χ3v) is 4.46. The Hall–Kier alpha value is -1.62. The topological polar surface area (TPSA) is 174 Å². The first kappa shape index (κ1) is 37.7. The van der Waals surface area contributed by atoms with Crippen molar-refractivity contribution >= 4 is 12.3 Å². The molecule has 0 heterocycles. The molecule has 2 atom stereocenters. The smallest absolute Gasteiger partial charge is 0.450 e. The summed E-state index contributed by atoms with van der Waals surface area (Å²) >= 11 is 0. The number of hydrogen-bond acceptors (Lipinski definition) is 6. The molecule has 0 rings (SSSR count). The van der Waals surface area contributed by atoms with Gasteiger partial charge in [0.25, 0.3) is 0 Å². The van der Waals surface area contributed by atoms with Crippen LogP contribution in [0, 0.1) is 23.7 Å². The van der Waals surface area contributed by atoms with Gasteiger partial charge in [-0.25, -0.2) is 19.4 Å². The van der Waals surface area contributed by atoms with Crippen molar-refractivity contribution in [2.75, 3.05) is 13.2 Å². The van der Waals surface area contributed by atoms with Crippen LogP contribution in [0.5, 0.6) is 0 Å². The summed E-state index contributed by atoms with van der Waals surface area (Å²) in [6.45, 7) is 14.4. The van der Waals surface area contributed by atoms with E-state index in [-0.39, 0.29) is 0 Å². The minimum Gasteiger partial charge on any atom is -0.450 e. The number of carbonyl (C=O) groups is 2. The van der Waals surface area contributed by atoms with Crippen LogP contribution in [-0.2, 0) is 9.78 Å². The van der Waals surface area contributed by atoms with Crippen molar-refractivity contribution in [3.63, 3.8) is 0 Å². The van der Waals surface area contributed by atoms with Crippen molar-refractivity contribution in [1.82, 2.24) is 0 Å². The van der Waals surface area contributed by atoms with E-state index in [0.717, 1.165) is 36.5 Å². The summed E-state index contributed by atoms with van der Waals surface area (Å²) in [5, 5.41) is 44.2. The molecule has 0 saturated heterocycles. The summed E-state index contributed by atoms with van der Waals surface area (Å²) in [5.74, 6) is 3.18. The minimum atomic E-state index is -1.83. The van der Waals surface area contributed by atoms with Gasteiger partial charge in [-0.2, -0.15) is 0 Å². The molecule has 10 nitrogen and oxygen atoms in total. The lowest BCUT2D eigenvalue weighted by Crippen LogP contribution is -2.04. The second-order valence-electron chi connectivity index (χ2n) is 8.32. The van der Waals surface area contributed by atoms with Crippen LogP contribution in [0.25, 0.3) is 0 Å². The van der Waals surface area contributed by atoms with Crippen molar-refractivity contribution in [3.05, 3.63) is 0 Å². The molecule has 0 spiro atoms. The molecule has 0 aliphatic carbocycles. The molecule has 0 bridgehead atoms. The van der Waals surface area contributed by atoms with Crippen molar-refractivity contribution in [2.24, 2.45) is 23.7 Å². The SMILES string of the molecule is CCC(CCCOO)CC(C)C.CCC(CCCOO)CC(C)C.O=C(O)O.O=C(O)O. The summed E-state index contributed by atoms with van der Waals surface area (Å²) in [6, 6.07) is 0. The average molecular weight is 473 g/mol. The molecular formula is C22H48O10.